The Bertz CT molecular complexity index is 1680. The fourth-order valence-electron chi connectivity index (χ4n) is 5.68. The summed E-state index contributed by atoms with van der Waals surface area (Å²) >= 11 is 0. The van der Waals surface area contributed by atoms with Crippen LogP contribution in [0.4, 0.5) is 5.82 Å². The fraction of sp³-hybridized carbons (Fsp3) is 0.355. The molecule has 41 heavy (non-hydrogen) atoms. The Morgan fingerprint density at radius 1 is 1.00 bits per heavy atom. The molecule has 0 bridgehead atoms. The Morgan fingerprint density at radius 2 is 1.83 bits per heavy atom. The molecule has 5 aromatic rings. The topological polar surface area (TPSA) is 90.5 Å². The lowest BCUT2D eigenvalue weighted by molar-refractivity contribution is -0.0592. The number of carbonyl (C=O) groups is 1. The number of imidazole rings is 1. The molecular formula is C31H33N7O3. The van der Waals surface area contributed by atoms with E-state index in [2.05, 4.69) is 44.8 Å². The number of anilines is 1. The number of piperazine rings is 1. The van der Waals surface area contributed by atoms with E-state index in [1.54, 1.807) is 6.07 Å². The van der Waals surface area contributed by atoms with Gasteiger partial charge in [0, 0.05) is 44.4 Å². The van der Waals surface area contributed by atoms with E-state index in [0.29, 0.717) is 5.56 Å². The molecule has 0 unspecified atom stereocenters. The average Bonchev–Trinajstić information content (AvgIpc) is 3.54. The van der Waals surface area contributed by atoms with Crippen molar-refractivity contribution in [3.05, 3.63) is 83.8 Å². The van der Waals surface area contributed by atoms with Gasteiger partial charge in [-0.25, -0.2) is 14.8 Å². The molecule has 2 aliphatic heterocycles. The van der Waals surface area contributed by atoms with Gasteiger partial charge in [-0.3, -0.25) is 9.58 Å². The number of esters is 1. The number of pyridine rings is 1. The van der Waals surface area contributed by atoms with E-state index in [-0.39, 0.29) is 12.1 Å². The van der Waals surface area contributed by atoms with Gasteiger partial charge in [-0.15, -0.1) is 0 Å². The van der Waals surface area contributed by atoms with Crippen LogP contribution in [0, 0.1) is 0 Å². The van der Waals surface area contributed by atoms with Crippen molar-refractivity contribution in [1.29, 1.82) is 0 Å². The molecule has 10 heteroatoms. The zero-order chi connectivity index (χ0) is 27.8. The smallest absolute Gasteiger partial charge is 0.337 e. The molecule has 1 atom stereocenters. The number of nitrogens with zero attached hydrogens (tertiary/aromatic N) is 7. The fourth-order valence-corrected chi connectivity index (χ4v) is 5.68. The van der Waals surface area contributed by atoms with Crippen LogP contribution in [-0.4, -0.2) is 81.2 Å². The second kappa shape index (κ2) is 10.9. The van der Waals surface area contributed by atoms with Gasteiger partial charge in [0.25, 0.3) is 0 Å². The number of fused-ring (bicyclic) bond motifs is 2. The van der Waals surface area contributed by atoms with Crippen LogP contribution in [-0.2, 0) is 29.1 Å². The zero-order valence-electron chi connectivity index (χ0n) is 23.1. The molecule has 5 heterocycles. The second-order valence-corrected chi connectivity index (χ2v) is 10.8. The maximum absolute atomic E-state index is 12.2. The van der Waals surface area contributed by atoms with Crippen molar-refractivity contribution in [3.63, 3.8) is 0 Å². The predicted molar refractivity (Wildman–Crippen MR) is 156 cm³/mol. The summed E-state index contributed by atoms with van der Waals surface area (Å²) in [5.74, 6) is 1.62. The first-order valence-electron chi connectivity index (χ1n) is 14.2. The molecule has 2 aromatic carbocycles. The lowest BCUT2D eigenvalue weighted by Gasteiger charge is -2.35. The van der Waals surface area contributed by atoms with E-state index in [4.69, 9.17) is 24.5 Å². The molecule has 210 valence electrons. The van der Waals surface area contributed by atoms with Gasteiger partial charge in [0.2, 0.25) is 0 Å². The van der Waals surface area contributed by atoms with Crippen LogP contribution in [0.1, 0.15) is 28.2 Å². The predicted octanol–water partition coefficient (Wildman–Crippen LogP) is 3.73. The Labute approximate surface area is 238 Å². The van der Waals surface area contributed by atoms with Gasteiger partial charge < -0.3 is 18.9 Å². The van der Waals surface area contributed by atoms with Gasteiger partial charge in [-0.1, -0.05) is 30.3 Å². The standard InChI is InChI=1S/C31H33N7O3/c1-40-31(39)23-7-9-26-27(17-23)38(20-25-11-16-41-25)29(32-26)21-35-12-14-36(15-13-35)28-10-8-24-19-37(34-30(24)33-28)18-22-5-3-2-4-6-22/h2-10,17,19,25H,11-16,18,20-21H2,1H3/t25-/m0/s1. The largest absolute Gasteiger partial charge is 0.465 e. The summed E-state index contributed by atoms with van der Waals surface area (Å²) < 4.78 is 14.9. The minimum absolute atomic E-state index is 0.182. The highest BCUT2D eigenvalue weighted by atomic mass is 16.5. The average molecular weight is 552 g/mol. The third-order valence-electron chi connectivity index (χ3n) is 8.08. The van der Waals surface area contributed by atoms with Crippen LogP contribution >= 0.6 is 0 Å². The summed E-state index contributed by atoms with van der Waals surface area (Å²) in [6.07, 6.45) is 3.28. The summed E-state index contributed by atoms with van der Waals surface area (Å²) in [4.78, 5) is 26.8. The highest BCUT2D eigenvalue weighted by Crippen LogP contribution is 2.25. The molecule has 2 saturated heterocycles. The number of benzene rings is 2. The molecule has 7 rings (SSSR count). The van der Waals surface area contributed by atoms with E-state index in [9.17, 15) is 4.79 Å². The van der Waals surface area contributed by atoms with Crippen LogP contribution in [0.5, 0.6) is 0 Å². The van der Waals surface area contributed by atoms with Crippen molar-refractivity contribution < 1.29 is 14.3 Å². The van der Waals surface area contributed by atoms with E-state index in [0.717, 1.165) is 92.6 Å². The first-order chi connectivity index (χ1) is 20.1. The lowest BCUT2D eigenvalue weighted by Crippen LogP contribution is -2.46. The molecule has 0 aliphatic carbocycles. The minimum Gasteiger partial charge on any atom is -0.465 e. The van der Waals surface area contributed by atoms with Crippen molar-refractivity contribution in [2.75, 3.05) is 44.8 Å². The number of aromatic nitrogens is 5. The van der Waals surface area contributed by atoms with Crippen LogP contribution < -0.4 is 4.90 Å². The maximum Gasteiger partial charge on any atom is 0.337 e. The third-order valence-corrected chi connectivity index (χ3v) is 8.08. The van der Waals surface area contributed by atoms with Crippen molar-refractivity contribution in [1.82, 2.24) is 29.2 Å². The molecule has 2 fully saturated rings. The number of hydrogen-bond acceptors (Lipinski definition) is 8. The Kier molecular flexibility index (Phi) is 6.85. The van der Waals surface area contributed by atoms with Crippen molar-refractivity contribution >= 4 is 33.9 Å². The van der Waals surface area contributed by atoms with Gasteiger partial charge in [-0.2, -0.15) is 5.10 Å². The van der Waals surface area contributed by atoms with Gasteiger partial charge in [0.1, 0.15) is 11.6 Å². The maximum atomic E-state index is 12.2. The van der Waals surface area contributed by atoms with E-state index < -0.39 is 0 Å². The van der Waals surface area contributed by atoms with Crippen molar-refractivity contribution in [2.24, 2.45) is 0 Å². The van der Waals surface area contributed by atoms with Crippen LogP contribution in [0.3, 0.4) is 0 Å². The quantitative estimate of drug-likeness (QED) is 0.270. The number of methoxy groups -OCH3 is 1. The van der Waals surface area contributed by atoms with E-state index in [1.165, 1.54) is 12.7 Å². The summed E-state index contributed by atoms with van der Waals surface area (Å²) in [6.45, 7) is 6.55. The SMILES string of the molecule is COC(=O)c1ccc2nc(CN3CCN(c4ccc5cn(Cc6ccccc6)nc5n4)CC3)n(C[C@@H]3CCO3)c2c1. The normalized spacial score (nSPS) is 17.7. The minimum atomic E-state index is -0.341. The lowest BCUT2D eigenvalue weighted by atomic mass is 10.1. The Hall–Kier alpha value is -4.28. The Balaban J connectivity index is 1.05. The van der Waals surface area contributed by atoms with Crippen molar-refractivity contribution in [3.8, 4) is 0 Å². The summed E-state index contributed by atoms with van der Waals surface area (Å²) in [5.41, 5.74) is 4.36. The first-order valence-corrected chi connectivity index (χ1v) is 14.2. The number of rotatable bonds is 8. The van der Waals surface area contributed by atoms with Crippen LogP contribution in [0.2, 0.25) is 0 Å². The van der Waals surface area contributed by atoms with Crippen molar-refractivity contribution in [2.45, 2.75) is 32.2 Å². The molecule has 2 aliphatic rings. The van der Waals surface area contributed by atoms with Crippen LogP contribution in [0.25, 0.3) is 22.1 Å². The highest BCUT2D eigenvalue weighted by molar-refractivity contribution is 5.93. The monoisotopic (exact) mass is 551 g/mol. The third kappa shape index (κ3) is 5.28. The van der Waals surface area contributed by atoms with Gasteiger partial charge in [0.15, 0.2) is 5.65 Å². The number of ether oxygens (including phenoxy) is 2. The second-order valence-electron chi connectivity index (χ2n) is 10.8. The molecule has 3 aromatic heterocycles. The molecule has 0 N–H and O–H groups in total. The van der Waals surface area contributed by atoms with E-state index >= 15 is 0 Å². The molecular weight excluding hydrogens is 518 g/mol. The molecule has 0 saturated carbocycles. The first kappa shape index (κ1) is 25.7. The van der Waals surface area contributed by atoms with Crippen LogP contribution in [0.15, 0.2) is 66.9 Å². The molecule has 10 nitrogen and oxygen atoms in total. The molecule has 0 amide bonds. The summed E-state index contributed by atoms with van der Waals surface area (Å²) in [7, 11) is 1.41. The van der Waals surface area contributed by atoms with Gasteiger partial charge in [0.05, 0.1) is 49.4 Å². The zero-order valence-corrected chi connectivity index (χ0v) is 23.1. The number of carbonyl (C=O) groups excluding carboxylic acids is 1. The number of hydrogen-bond donors (Lipinski definition) is 0. The van der Waals surface area contributed by atoms with E-state index in [1.807, 2.05) is 35.0 Å². The van der Waals surface area contributed by atoms with Gasteiger partial charge >= 0.3 is 5.97 Å². The summed E-state index contributed by atoms with van der Waals surface area (Å²) in [6, 6.07) is 20.1. The summed E-state index contributed by atoms with van der Waals surface area (Å²) in [5, 5.41) is 5.79. The highest BCUT2D eigenvalue weighted by Gasteiger charge is 2.25. The molecule has 0 radical (unpaired) electrons. The Morgan fingerprint density at radius 3 is 2.59 bits per heavy atom. The molecule has 0 spiro atoms. The van der Waals surface area contributed by atoms with Gasteiger partial charge in [-0.05, 0) is 42.3 Å².